The predicted octanol–water partition coefficient (Wildman–Crippen LogP) is 2.97. The monoisotopic (exact) mass is 421 g/mol. The van der Waals surface area contributed by atoms with Crippen LogP contribution in [0, 0.1) is 5.82 Å². The van der Waals surface area contributed by atoms with Crippen molar-refractivity contribution in [1.82, 2.24) is 0 Å². The molecule has 0 N–H and O–H groups in total. The summed E-state index contributed by atoms with van der Waals surface area (Å²) in [6.45, 7) is 14.5. The average Bonchev–Trinajstić information content (AvgIpc) is 2.94. The maximum Gasteiger partial charge on any atom is 0.494 e. The molecule has 2 heterocycles. The van der Waals surface area contributed by atoms with Crippen LogP contribution in [-0.4, -0.2) is 51.4 Å². The topological polar surface area (TPSA) is 65.1 Å². The van der Waals surface area contributed by atoms with Gasteiger partial charge < -0.3 is 14.0 Å². The first-order chi connectivity index (χ1) is 13.2. The van der Waals surface area contributed by atoms with Crippen molar-refractivity contribution < 1.29 is 28.0 Å². The molecule has 0 aromatic heterocycles. The molecule has 1 aromatic carbocycles. The number of carbonyl (C=O) groups is 2. The number of ketones is 1. The van der Waals surface area contributed by atoms with Crippen molar-refractivity contribution in [3.05, 3.63) is 23.5 Å². The lowest BCUT2D eigenvalue weighted by Crippen LogP contribution is -2.41. The Hall–Kier alpha value is -1.55. The molecule has 9 heteroatoms. The van der Waals surface area contributed by atoms with Crippen LogP contribution in [-0.2, 0) is 18.8 Å². The van der Waals surface area contributed by atoms with Crippen molar-refractivity contribution in [3.63, 3.8) is 0 Å². The number of hydrogen-bond acceptors (Lipinski definition) is 5. The fourth-order valence-electron chi connectivity index (χ4n) is 3.18. The van der Waals surface area contributed by atoms with E-state index >= 15 is 0 Å². The quantitative estimate of drug-likeness (QED) is 0.402. The second kappa shape index (κ2) is 7.30. The molecule has 2 aliphatic rings. The Morgan fingerprint density at radius 1 is 1.10 bits per heavy atom. The van der Waals surface area contributed by atoms with Crippen LogP contribution in [0.25, 0.3) is 0 Å². The van der Waals surface area contributed by atoms with E-state index in [9.17, 15) is 14.0 Å². The molecule has 0 aliphatic carbocycles. The first-order valence-electron chi connectivity index (χ1n) is 9.86. The van der Waals surface area contributed by atoms with Gasteiger partial charge in [0.2, 0.25) is 0 Å². The van der Waals surface area contributed by atoms with Crippen molar-refractivity contribution >= 4 is 38.0 Å². The molecule has 1 saturated heterocycles. The van der Waals surface area contributed by atoms with Gasteiger partial charge in [0.1, 0.15) is 12.5 Å². The van der Waals surface area contributed by atoms with E-state index in [4.69, 9.17) is 14.0 Å². The highest BCUT2D eigenvalue weighted by Gasteiger charge is 2.52. The summed E-state index contributed by atoms with van der Waals surface area (Å²) in [5.74, 6) is -2.19. The molecule has 29 heavy (non-hydrogen) atoms. The number of fused-ring (bicyclic) bond motifs is 1. The maximum atomic E-state index is 15.0. The Morgan fingerprint density at radius 2 is 1.69 bits per heavy atom. The van der Waals surface area contributed by atoms with Gasteiger partial charge in [-0.1, -0.05) is 19.6 Å². The number of ether oxygens (including phenoxy) is 1. The van der Waals surface area contributed by atoms with Gasteiger partial charge in [0, 0.05) is 14.7 Å². The molecule has 0 atom stereocenters. The first-order valence-corrected chi connectivity index (χ1v) is 13.6. The van der Waals surface area contributed by atoms with Crippen LogP contribution in [0.5, 0.6) is 0 Å². The molecule has 3 rings (SSSR count). The van der Waals surface area contributed by atoms with E-state index in [0.717, 1.165) is 10.9 Å². The third-order valence-corrected chi connectivity index (χ3v) is 7.49. The van der Waals surface area contributed by atoms with Crippen LogP contribution in [0.4, 0.5) is 10.1 Å². The van der Waals surface area contributed by atoms with Gasteiger partial charge in [-0.15, -0.1) is 0 Å². The van der Waals surface area contributed by atoms with E-state index in [1.54, 1.807) is 0 Å². The number of nitrogens with zero attached hydrogens (tertiary/aromatic N) is 1. The van der Waals surface area contributed by atoms with Gasteiger partial charge in [-0.25, -0.2) is 4.39 Å². The Balaban J connectivity index is 1.83. The van der Waals surface area contributed by atoms with Crippen LogP contribution in [0.2, 0.25) is 25.7 Å². The zero-order valence-electron chi connectivity index (χ0n) is 18.2. The molecule has 0 bridgehead atoms. The zero-order chi connectivity index (χ0) is 21.8. The Labute approximate surface area is 172 Å². The van der Waals surface area contributed by atoms with Gasteiger partial charge in [-0.3, -0.25) is 14.5 Å². The van der Waals surface area contributed by atoms with Gasteiger partial charge in [0.15, 0.2) is 0 Å². The van der Waals surface area contributed by atoms with Crippen LogP contribution < -0.4 is 10.4 Å². The Morgan fingerprint density at radius 3 is 2.24 bits per heavy atom. The number of rotatable bonds is 6. The summed E-state index contributed by atoms with van der Waals surface area (Å²) in [6.07, 6.45) is 0. The third kappa shape index (κ3) is 4.19. The van der Waals surface area contributed by atoms with Gasteiger partial charge >= 0.3 is 13.0 Å². The minimum absolute atomic E-state index is 0.0218. The third-order valence-electron chi connectivity index (χ3n) is 5.78. The summed E-state index contributed by atoms with van der Waals surface area (Å²) < 4.78 is 32.5. The van der Waals surface area contributed by atoms with Crippen LogP contribution >= 0.6 is 0 Å². The zero-order valence-corrected chi connectivity index (χ0v) is 19.2. The van der Waals surface area contributed by atoms with Crippen LogP contribution in [0.15, 0.2) is 12.1 Å². The molecule has 0 saturated carbocycles. The van der Waals surface area contributed by atoms with Gasteiger partial charge in [0.25, 0.3) is 5.78 Å². The molecule has 6 nitrogen and oxygen atoms in total. The fraction of sp³-hybridized carbons (Fsp3) is 0.600. The first kappa shape index (κ1) is 22.1. The highest BCUT2D eigenvalue weighted by Crippen LogP contribution is 2.37. The van der Waals surface area contributed by atoms with Crippen molar-refractivity contribution in [3.8, 4) is 0 Å². The fourth-order valence-corrected chi connectivity index (χ4v) is 3.94. The summed E-state index contributed by atoms with van der Waals surface area (Å²) >= 11 is 0. The number of amides is 1. The maximum absolute atomic E-state index is 15.0. The minimum atomic E-state index is -1.29. The van der Waals surface area contributed by atoms with Crippen molar-refractivity contribution in [2.75, 3.05) is 18.2 Å². The molecule has 2 aliphatic heterocycles. The summed E-state index contributed by atoms with van der Waals surface area (Å²) in [6, 6.07) is 3.67. The molecule has 0 radical (unpaired) electrons. The molecule has 158 valence electrons. The highest BCUT2D eigenvalue weighted by molar-refractivity contribution is 6.76. The average molecular weight is 421 g/mol. The van der Waals surface area contributed by atoms with E-state index in [1.807, 2.05) is 27.7 Å². The summed E-state index contributed by atoms with van der Waals surface area (Å²) in [4.78, 5) is 26.0. The lowest BCUT2D eigenvalue weighted by atomic mass is 9.78. The summed E-state index contributed by atoms with van der Waals surface area (Å²) in [7, 11) is -2.11. The van der Waals surface area contributed by atoms with Gasteiger partial charge in [-0.2, -0.15) is 0 Å². The smallest absolute Gasteiger partial charge is 0.399 e. The largest absolute Gasteiger partial charge is 0.494 e. The standard InChI is InChI=1S/C20H29BFNO5Si/c1-19(2)20(3,4)28-21(27-19)13-10-14-16(15(22)11-13)23(18(25)17(14)24)12-26-8-9-29(5,6)7/h10-11H,8-9,12H2,1-7H3. The highest BCUT2D eigenvalue weighted by atomic mass is 28.3. The molecular formula is C20H29BFNO5Si. The van der Waals surface area contributed by atoms with Crippen molar-refractivity contribution in [1.29, 1.82) is 0 Å². The van der Waals surface area contributed by atoms with E-state index in [1.165, 1.54) is 12.1 Å². The number of anilines is 1. The summed E-state index contributed by atoms with van der Waals surface area (Å²) in [5, 5.41) is 0. The van der Waals surface area contributed by atoms with Crippen LogP contribution in [0.1, 0.15) is 38.1 Å². The molecule has 1 aromatic rings. The molecular weight excluding hydrogens is 392 g/mol. The summed E-state index contributed by atoms with van der Waals surface area (Å²) in [5.41, 5.74) is -0.823. The number of hydrogen-bond donors (Lipinski definition) is 0. The number of halogens is 1. The molecule has 1 fully saturated rings. The number of benzene rings is 1. The van der Waals surface area contributed by atoms with Crippen molar-refractivity contribution in [2.45, 2.75) is 64.6 Å². The normalized spacial score (nSPS) is 20.6. The van der Waals surface area contributed by atoms with E-state index in [-0.39, 0.29) is 18.0 Å². The molecule has 1 amide bonds. The lowest BCUT2D eigenvalue weighted by molar-refractivity contribution is -0.115. The second-order valence-electron chi connectivity index (χ2n) is 9.90. The van der Waals surface area contributed by atoms with E-state index in [2.05, 4.69) is 19.6 Å². The SMILES string of the molecule is CC1(C)OB(c2cc(F)c3c(c2)C(=O)C(=O)N3COCC[Si](C)(C)C)OC1(C)C. The van der Waals surface area contributed by atoms with Gasteiger partial charge in [-0.05, 0) is 51.3 Å². The molecule has 0 spiro atoms. The number of Topliss-reactive ketones (excluding diaryl/α,β-unsaturated/α-hetero) is 1. The minimum Gasteiger partial charge on any atom is -0.399 e. The van der Waals surface area contributed by atoms with Crippen molar-refractivity contribution in [2.24, 2.45) is 0 Å². The number of carbonyl (C=O) groups excluding carboxylic acids is 2. The van der Waals surface area contributed by atoms with Gasteiger partial charge in [0.05, 0.1) is 22.5 Å². The lowest BCUT2D eigenvalue weighted by Gasteiger charge is -2.32. The molecule has 0 unspecified atom stereocenters. The second-order valence-corrected chi connectivity index (χ2v) is 15.5. The van der Waals surface area contributed by atoms with E-state index in [0.29, 0.717) is 12.1 Å². The Bertz CT molecular complexity index is 836. The Kier molecular flexibility index (Phi) is 5.57. The predicted molar refractivity (Wildman–Crippen MR) is 113 cm³/mol. The van der Waals surface area contributed by atoms with E-state index < -0.39 is 43.9 Å². The van der Waals surface area contributed by atoms with Crippen LogP contribution in [0.3, 0.4) is 0 Å².